The van der Waals surface area contributed by atoms with Gasteiger partial charge in [-0.15, -0.1) is 22.7 Å². The summed E-state index contributed by atoms with van der Waals surface area (Å²) < 4.78 is 27.8. The molecule has 0 saturated carbocycles. The minimum Gasteiger partial charge on any atom is -0.350 e. The lowest BCUT2D eigenvalue weighted by Crippen LogP contribution is -2.36. The van der Waals surface area contributed by atoms with E-state index >= 15 is 0 Å². The number of fused-ring (bicyclic) bond motifs is 1. The van der Waals surface area contributed by atoms with Crippen LogP contribution in [0.5, 0.6) is 0 Å². The summed E-state index contributed by atoms with van der Waals surface area (Å²) in [4.78, 5) is 17.2. The number of thiophene rings is 1. The third kappa shape index (κ3) is 3.99. The van der Waals surface area contributed by atoms with Gasteiger partial charge in [0.2, 0.25) is 15.9 Å². The maximum atomic E-state index is 12.3. The Bertz CT molecular complexity index is 962. The van der Waals surface area contributed by atoms with Gasteiger partial charge in [-0.1, -0.05) is 6.07 Å². The Hall–Kier alpha value is -1.81. The summed E-state index contributed by atoms with van der Waals surface area (Å²) in [6, 6.07) is 8.54. The zero-order chi connectivity index (χ0) is 17.2. The minimum absolute atomic E-state index is 0.129. The number of aromatic nitrogens is 1. The molecule has 1 aromatic carbocycles. The fourth-order valence-corrected chi connectivity index (χ4v) is 4.69. The van der Waals surface area contributed by atoms with Crippen LogP contribution >= 0.6 is 22.7 Å². The second-order valence-corrected chi connectivity index (χ2v) is 9.08. The molecule has 3 rings (SSSR count). The number of amides is 1. The average molecular weight is 382 g/mol. The summed E-state index contributed by atoms with van der Waals surface area (Å²) in [6.07, 6.45) is 0. The minimum atomic E-state index is -3.74. The van der Waals surface area contributed by atoms with E-state index in [1.165, 1.54) is 28.7 Å². The molecule has 0 aliphatic rings. The standard InChI is InChI=1S/C15H15N3O3S3/c1-10-18-13-5-4-12(7-14(13)23-10)24(20,21)17-9-15(19)16-8-11-3-2-6-22-11/h2-7,17H,8-9H2,1H3,(H,16,19). The van der Waals surface area contributed by atoms with Crippen LogP contribution in [0.2, 0.25) is 0 Å². The zero-order valence-corrected chi connectivity index (χ0v) is 15.2. The highest BCUT2D eigenvalue weighted by Gasteiger charge is 2.16. The summed E-state index contributed by atoms with van der Waals surface area (Å²) in [6.45, 7) is 1.97. The number of sulfonamides is 1. The van der Waals surface area contributed by atoms with Gasteiger partial charge in [-0.05, 0) is 36.6 Å². The van der Waals surface area contributed by atoms with E-state index in [-0.39, 0.29) is 17.3 Å². The lowest BCUT2D eigenvalue weighted by atomic mass is 10.3. The highest BCUT2D eigenvalue weighted by molar-refractivity contribution is 7.89. The van der Waals surface area contributed by atoms with Crippen molar-refractivity contribution in [3.05, 3.63) is 45.6 Å². The number of carbonyl (C=O) groups is 1. The van der Waals surface area contributed by atoms with Crippen LogP contribution in [0.1, 0.15) is 9.88 Å². The van der Waals surface area contributed by atoms with E-state index in [9.17, 15) is 13.2 Å². The first-order valence-corrected chi connectivity index (χ1v) is 10.3. The van der Waals surface area contributed by atoms with E-state index in [0.29, 0.717) is 6.54 Å². The van der Waals surface area contributed by atoms with Crippen LogP contribution in [-0.4, -0.2) is 25.9 Å². The number of hydrogen-bond acceptors (Lipinski definition) is 6. The third-order valence-electron chi connectivity index (χ3n) is 3.24. The predicted octanol–water partition coefficient (Wildman–Crippen LogP) is 2.26. The second-order valence-electron chi connectivity index (χ2n) is 5.04. The number of nitrogens with zero attached hydrogens (tertiary/aromatic N) is 1. The van der Waals surface area contributed by atoms with E-state index < -0.39 is 10.0 Å². The highest BCUT2D eigenvalue weighted by Crippen LogP contribution is 2.24. The van der Waals surface area contributed by atoms with Crippen LogP contribution in [0.15, 0.2) is 40.6 Å². The van der Waals surface area contributed by atoms with Gasteiger partial charge in [0.05, 0.1) is 33.2 Å². The van der Waals surface area contributed by atoms with Crippen molar-refractivity contribution in [3.8, 4) is 0 Å². The van der Waals surface area contributed by atoms with Crippen LogP contribution in [0.3, 0.4) is 0 Å². The molecule has 24 heavy (non-hydrogen) atoms. The third-order valence-corrected chi connectivity index (χ3v) is 6.45. The lowest BCUT2D eigenvalue weighted by molar-refractivity contribution is -0.120. The Morgan fingerprint density at radius 2 is 2.12 bits per heavy atom. The number of rotatable bonds is 6. The molecule has 3 aromatic rings. The molecule has 0 bridgehead atoms. The topological polar surface area (TPSA) is 88.2 Å². The van der Waals surface area contributed by atoms with Gasteiger partial charge in [0.1, 0.15) is 0 Å². The largest absolute Gasteiger partial charge is 0.350 e. The van der Waals surface area contributed by atoms with Crippen LogP contribution in [0.4, 0.5) is 0 Å². The lowest BCUT2D eigenvalue weighted by Gasteiger charge is -2.07. The van der Waals surface area contributed by atoms with E-state index in [1.807, 2.05) is 24.4 Å². The molecule has 2 N–H and O–H groups in total. The predicted molar refractivity (Wildman–Crippen MR) is 95.7 cm³/mol. The maximum Gasteiger partial charge on any atom is 0.241 e. The molecule has 2 heterocycles. The first kappa shape index (κ1) is 17.0. The molecule has 0 atom stereocenters. The Kier molecular flexibility index (Phi) is 4.95. The number of aryl methyl sites for hydroxylation is 1. The molecule has 0 aliphatic heterocycles. The summed E-state index contributed by atoms with van der Waals surface area (Å²) in [5, 5.41) is 5.47. The van der Waals surface area contributed by atoms with Crippen molar-refractivity contribution in [2.45, 2.75) is 18.4 Å². The number of carbonyl (C=O) groups excluding carboxylic acids is 1. The first-order chi connectivity index (χ1) is 11.4. The van der Waals surface area contributed by atoms with Gasteiger partial charge >= 0.3 is 0 Å². The highest BCUT2D eigenvalue weighted by atomic mass is 32.2. The first-order valence-electron chi connectivity index (χ1n) is 7.10. The Morgan fingerprint density at radius 3 is 2.88 bits per heavy atom. The molecule has 2 aromatic heterocycles. The van der Waals surface area contributed by atoms with E-state index in [2.05, 4.69) is 15.0 Å². The Labute approximate surface area is 147 Å². The van der Waals surface area contributed by atoms with Gasteiger partial charge in [0, 0.05) is 4.88 Å². The fraction of sp³-hybridized carbons (Fsp3) is 0.200. The van der Waals surface area contributed by atoms with Gasteiger partial charge in [-0.25, -0.2) is 18.1 Å². The van der Waals surface area contributed by atoms with Crippen molar-refractivity contribution in [3.63, 3.8) is 0 Å². The van der Waals surface area contributed by atoms with Crippen LogP contribution in [0, 0.1) is 6.92 Å². The van der Waals surface area contributed by atoms with Gasteiger partial charge in [-0.2, -0.15) is 0 Å². The summed E-state index contributed by atoms with van der Waals surface area (Å²) >= 11 is 2.96. The van der Waals surface area contributed by atoms with Gasteiger partial charge in [0.25, 0.3) is 0 Å². The van der Waals surface area contributed by atoms with E-state index in [0.717, 1.165) is 20.1 Å². The number of hydrogen-bond donors (Lipinski definition) is 2. The Balaban J connectivity index is 1.62. The van der Waals surface area contributed by atoms with Crippen molar-refractivity contribution >= 4 is 48.8 Å². The number of nitrogens with one attached hydrogen (secondary N) is 2. The number of benzene rings is 1. The molecule has 0 aliphatic carbocycles. The fourth-order valence-electron chi connectivity index (χ4n) is 2.09. The van der Waals surface area contributed by atoms with Crippen LogP contribution < -0.4 is 10.0 Å². The van der Waals surface area contributed by atoms with Crippen LogP contribution in [-0.2, 0) is 21.4 Å². The van der Waals surface area contributed by atoms with Gasteiger partial charge in [0.15, 0.2) is 0 Å². The SMILES string of the molecule is Cc1nc2ccc(S(=O)(=O)NCC(=O)NCc3cccs3)cc2s1. The molecule has 1 amide bonds. The normalized spacial score (nSPS) is 11.7. The summed E-state index contributed by atoms with van der Waals surface area (Å²) in [5.41, 5.74) is 0.769. The second kappa shape index (κ2) is 6.98. The summed E-state index contributed by atoms with van der Waals surface area (Å²) in [7, 11) is -3.74. The maximum absolute atomic E-state index is 12.3. The molecule has 0 radical (unpaired) electrons. The number of thiazole rings is 1. The van der Waals surface area contributed by atoms with Crippen molar-refractivity contribution in [1.82, 2.24) is 15.0 Å². The molecule has 9 heteroatoms. The van der Waals surface area contributed by atoms with E-state index in [4.69, 9.17) is 0 Å². The van der Waals surface area contributed by atoms with Gasteiger partial charge in [-0.3, -0.25) is 4.79 Å². The van der Waals surface area contributed by atoms with Crippen molar-refractivity contribution in [1.29, 1.82) is 0 Å². The molecular weight excluding hydrogens is 366 g/mol. The molecule has 0 saturated heterocycles. The molecule has 6 nitrogen and oxygen atoms in total. The van der Waals surface area contributed by atoms with Crippen molar-refractivity contribution < 1.29 is 13.2 Å². The smallest absolute Gasteiger partial charge is 0.241 e. The molecule has 126 valence electrons. The molecule has 0 unspecified atom stereocenters. The molecule has 0 fully saturated rings. The molecule has 0 spiro atoms. The van der Waals surface area contributed by atoms with Crippen molar-refractivity contribution in [2.24, 2.45) is 0 Å². The summed E-state index contributed by atoms with van der Waals surface area (Å²) in [5.74, 6) is -0.373. The molecular formula is C15H15N3O3S3. The van der Waals surface area contributed by atoms with Crippen LogP contribution in [0.25, 0.3) is 10.2 Å². The van der Waals surface area contributed by atoms with Gasteiger partial charge < -0.3 is 5.32 Å². The van der Waals surface area contributed by atoms with E-state index in [1.54, 1.807) is 12.1 Å². The monoisotopic (exact) mass is 381 g/mol. The Morgan fingerprint density at radius 1 is 1.29 bits per heavy atom. The zero-order valence-electron chi connectivity index (χ0n) is 12.8. The van der Waals surface area contributed by atoms with Crippen molar-refractivity contribution in [2.75, 3.05) is 6.54 Å². The average Bonchev–Trinajstić information content (AvgIpc) is 3.18. The quantitative estimate of drug-likeness (QED) is 0.686.